The van der Waals surface area contributed by atoms with Gasteiger partial charge in [-0.2, -0.15) is 4.57 Å². The van der Waals surface area contributed by atoms with Crippen LogP contribution in [0.15, 0.2) is 94.9 Å². The van der Waals surface area contributed by atoms with Crippen molar-refractivity contribution < 1.29 is 9.05 Å². The SMILES string of the molecule is CCCCN(CCC[N+](C)(C)C)c1cc(C=C2Sc3ccccc3N2C)c2ccccc2[n+]1-c1ccccc1. The topological polar surface area (TPSA) is 10.4 Å². The summed E-state index contributed by atoms with van der Waals surface area (Å²) < 4.78 is 3.46. The van der Waals surface area contributed by atoms with Crippen LogP contribution in [0, 0.1) is 0 Å². The van der Waals surface area contributed by atoms with Crippen molar-refractivity contribution in [2.24, 2.45) is 0 Å². The first-order valence-corrected chi connectivity index (χ1v) is 15.0. The zero-order chi connectivity index (χ0) is 27.4. The molecule has 5 rings (SSSR count). The summed E-state index contributed by atoms with van der Waals surface area (Å²) in [5, 5.41) is 2.53. The monoisotopic (exact) mass is 538 g/mol. The lowest BCUT2D eigenvalue weighted by Crippen LogP contribution is -2.43. The van der Waals surface area contributed by atoms with Gasteiger partial charge in [0, 0.05) is 29.8 Å². The van der Waals surface area contributed by atoms with Crippen LogP contribution >= 0.6 is 11.8 Å². The van der Waals surface area contributed by atoms with Crippen LogP contribution in [0.4, 0.5) is 11.5 Å². The molecule has 2 heterocycles. The highest BCUT2D eigenvalue weighted by molar-refractivity contribution is 8.03. The first-order chi connectivity index (χ1) is 18.9. The number of benzene rings is 3. The maximum atomic E-state index is 2.63. The number of rotatable bonds is 10. The summed E-state index contributed by atoms with van der Waals surface area (Å²) in [5.41, 5.74) is 4.99. The van der Waals surface area contributed by atoms with Crippen molar-refractivity contribution in [3.63, 3.8) is 0 Å². The van der Waals surface area contributed by atoms with Gasteiger partial charge in [-0.1, -0.05) is 73.6 Å². The lowest BCUT2D eigenvalue weighted by Gasteiger charge is -2.26. The van der Waals surface area contributed by atoms with Gasteiger partial charge in [-0.15, -0.1) is 0 Å². The van der Waals surface area contributed by atoms with E-state index in [0.717, 1.165) is 30.5 Å². The Morgan fingerprint density at radius 3 is 2.31 bits per heavy atom. The maximum Gasteiger partial charge on any atom is 0.282 e. The minimum atomic E-state index is 0.986. The Balaban J connectivity index is 1.67. The molecule has 5 heteroatoms. The molecule has 0 aliphatic carbocycles. The number of thioether (sulfide) groups is 1. The fourth-order valence-electron chi connectivity index (χ4n) is 5.32. The number of anilines is 2. The van der Waals surface area contributed by atoms with Crippen LogP contribution in [-0.2, 0) is 0 Å². The second kappa shape index (κ2) is 11.8. The predicted octanol–water partition coefficient (Wildman–Crippen LogP) is 7.36. The van der Waals surface area contributed by atoms with Gasteiger partial charge in [-0.05, 0) is 48.4 Å². The van der Waals surface area contributed by atoms with Gasteiger partial charge in [0.25, 0.3) is 5.82 Å². The molecular weight excluding hydrogens is 496 g/mol. The predicted molar refractivity (Wildman–Crippen MR) is 169 cm³/mol. The largest absolute Gasteiger partial charge is 0.338 e. The van der Waals surface area contributed by atoms with Crippen molar-refractivity contribution in [2.45, 2.75) is 31.1 Å². The van der Waals surface area contributed by atoms with Crippen LogP contribution in [0.25, 0.3) is 22.7 Å². The lowest BCUT2D eigenvalue weighted by molar-refractivity contribution is -0.870. The Bertz CT molecular complexity index is 1460. The molecular formula is C34H42N4S+2. The van der Waals surface area contributed by atoms with Crippen LogP contribution in [-0.4, -0.2) is 52.3 Å². The van der Waals surface area contributed by atoms with Gasteiger partial charge in [0.1, 0.15) is 11.2 Å². The highest BCUT2D eigenvalue weighted by atomic mass is 32.2. The Kier molecular flexibility index (Phi) is 8.29. The number of para-hydroxylation sites is 3. The summed E-state index contributed by atoms with van der Waals surface area (Å²) in [6, 6.07) is 30.8. The summed E-state index contributed by atoms with van der Waals surface area (Å²) in [6.45, 7) is 5.53. The number of hydrogen-bond donors (Lipinski definition) is 0. The van der Waals surface area contributed by atoms with Crippen molar-refractivity contribution in [1.82, 2.24) is 0 Å². The lowest BCUT2D eigenvalue weighted by atomic mass is 10.1. The molecule has 0 spiro atoms. The van der Waals surface area contributed by atoms with Gasteiger partial charge in [-0.3, -0.25) is 4.90 Å². The number of fused-ring (bicyclic) bond motifs is 2. The molecule has 1 aliphatic heterocycles. The Hall–Kier alpha value is -3.28. The van der Waals surface area contributed by atoms with Crippen LogP contribution < -0.4 is 14.4 Å². The van der Waals surface area contributed by atoms with Crippen LogP contribution in [0.2, 0.25) is 0 Å². The van der Waals surface area contributed by atoms with E-state index in [9.17, 15) is 0 Å². The molecule has 202 valence electrons. The molecule has 0 atom stereocenters. The van der Waals surface area contributed by atoms with Crippen molar-refractivity contribution in [1.29, 1.82) is 0 Å². The molecule has 0 saturated carbocycles. The number of hydrogen-bond acceptors (Lipinski definition) is 3. The molecule has 1 aromatic heterocycles. The average Bonchev–Trinajstić information content (AvgIpc) is 3.25. The van der Waals surface area contributed by atoms with Crippen LogP contribution in [0.5, 0.6) is 0 Å². The highest BCUT2D eigenvalue weighted by Gasteiger charge is 2.27. The van der Waals surface area contributed by atoms with Crippen molar-refractivity contribution in [3.05, 3.63) is 95.5 Å². The molecule has 0 N–H and O–H groups in total. The smallest absolute Gasteiger partial charge is 0.282 e. The van der Waals surface area contributed by atoms with Crippen LogP contribution in [0.1, 0.15) is 31.7 Å². The van der Waals surface area contributed by atoms with Crippen molar-refractivity contribution in [3.8, 4) is 5.69 Å². The highest BCUT2D eigenvalue weighted by Crippen LogP contribution is 2.45. The summed E-state index contributed by atoms with van der Waals surface area (Å²) in [6.07, 6.45) is 5.90. The van der Waals surface area contributed by atoms with E-state index in [0.29, 0.717) is 0 Å². The van der Waals surface area contributed by atoms with E-state index in [1.165, 1.54) is 56.4 Å². The first kappa shape index (κ1) is 27.3. The molecule has 0 saturated heterocycles. The van der Waals surface area contributed by atoms with Crippen LogP contribution in [0.3, 0.4) is 0 Å². The van der Waals surface area contributed by atoms with E-state index >= 15 is 0 Å². The third kappa shape index (κ3) is 6.15. The van der Waals surface area contributed by atoms with Gasteiger partial charge < -0.3 is 9.38 Å². The normalized spacial score (nSPS) is 14.3. The fraction of sp³-hybridized carbons (Fsp3) is 0.324. The second-order valence-electron chi connectivity index (χ2n) is 11.5. The van der Waals surface area contributed by atoms with Gasteiger partial charge in [0.05, 0.1) is 51.5 Å². The van der Waals surface area contributed by atoms with Gasteiger partial charge >= 0.3 is 0 Å². The van der Waals surface area contributed by atoms with E-state index in [1.807, 2.05) is 11.8 Å². The quantitative estimate of drug-likeness (QED) is 0.154. The number of aromatic nitrogens is 1. The minimum absolute atomic E-state index is 0.986. The molecule has 0 radical (unpaired) electrons. The van der Waals surface area contributed by atoms with Gasteiger partial charge in [0.15, 0.2) is 0 Å². The average molecular weight is 539 g/mol. The molecule has 0 unspecified atom stereocenters. The van der Waals surface area contributed by atoms with Crippen molar-refractivity contribution in [2.75, 3.05) is 57.6 Å². The molecule has 3 aromatic carbocycles. The Morgan fingerprint density at radius 2 is 1.56 bits per heavy atom. The fourth-order valence-corrected chi connectivity index (χ4v) is 6.43. The number of pyridine rings is 1. The minimum Gasteiger partial charge on any atom is -0.338 e. The summed E-state index contributed by atoms with van der Waals surface area (Å²) in [4.78, 5) is 6.26. The molecule has 39 heavy (non-hydrogen) atoms. The zero-order valence-electron chi connectivity index (χ0n) is 24.1. The van der Waals surface area contributed by atoms with Gasteiger partial charge in [0.2, 0.25) is 0 Å². The van der Waals surface area contributed by atoms with E-state index < -0.39 is 0 Å². The van der Waals surface area contributed by atoms with Crippen molar-refractivity contribution >= 4 is 40.2 Å². The second-order valence-corrected chi connectivity index (χ2v) is 12.5. The Morgan fingerprint density at radius 1 is 0.872 bits per heavy atom. The van der Waals surface area contributed by atoms with E-state index in [-0.39, 0.29) is 0 Å². The third-order valence-corrected chi connectivity index (χ3v) is 8.56. The zero-order valence-corrected chi connectivity index (χ0v) is 24.9. The number of quaternary nitrogens is 1. The summed E-state index contributed by atoms with van der Waals surface area (Å²) in [7, 11) is 9.04. The van der Waals surface area contributed by atoms with E-state index in [1.54, 1.807) is 0 Å². The first-order valence-electron chi connectivity index (χ1n) is 14.2. The maximum absolute atomic E-state index is 2.63. The standard InChI is InChI=1S/C34H42N4S/c1-6-7-22-36(23-15-24-38(3,4)5)33-25-27(26-34-35(2)31-20-13-14-21-32(31)39-34)29-18-11-12-19-30(29)37(33)28-16-9-8-10-17-28/h8-14,16-21,25-26H,6-7,15,22-24H2,1-5H3/q+2. The van der Waals surface area contributed by atoms with E-state index in [2.05, 4.69) is 140 Å². The molecule has 4 nitrogen and oxygen atoms in total. The summed E-state index contributed by atoms with van der Waals surface area (Å²) >= 11 is 1.86. The molecule has 1 aliphatic rings. The van der Waals surface area contributed by atoms with E-state index in [4.69, 9.17) is 0 Å². The molecule has 0 fully saturated rings. The third-order valence-electron chi connectivity index (χ3n) is 7.40. The summed E-state index contributed by atoms with van der Waals surface area (Å²) in [5.74, 6) is 1.27. The molecule has 0 bridgehead atoms. The molecule has 4 aromatic rings. The Labute approximate surface area is 238 Å². The number of nitrogens with zero attached hydrogens (tertiary/aromatic N) is 4. The molecule has 0 amide bonds. The number of unbranched alkanes of at least 4 members (excludes halogenated alkanes) is 1. The van der Waals surface area contributed by atoms with Gasteiger partial charge in [-0.25, -0.2) is 0 Å².